The zero-order chi connectivity index (χ0) is 21.8. The van der Waals surface area contributed by atoms with E-state index in [4.69, 9.17) is 9.47 Å². The number of ether oxygens (including phenoxy) is 2. The molecule has 0 aliphatic carbocycles. The van der Waals surface area contributed by atoms with E-state index in [2.05, 4.69) is 15.3 Å². The molecule has 158 valence electrons. The third kappa shape index (κ3) is 4.44. The van der Waals surface area contributed by atoms with Crippen LogP contribution in [0.3, 0.4) is 0 Å². The summed E-state index contributed by atoms with van der Waals surface area (Å²) in [5, 5.41) is 5.63. The number of carbonyl (C=O) groups is 1. The van der Waals surface area contributed by atoms with Crippen molar-refractivity contribution in [3.63, 3.8) is 0 Å². The van der Waals surface area contributed by atoms with E-state index in [0.29, 0.717) is 23.0 Å². The van der Waals surface area contributed by atoms with E-state index in [0.717, 1.165) is 16.1 Å². The molecule has 2 aromatic carbocycles. The van der Waals surface area contributed by atoms with Gasteiger partial charge in [-0.3, -0.25) is 4.79 Å². The van der Waals surface area contributed by atoms with E-state index >= 15 is 0 Å². The molecule has 31 heavy (non-hydrogen) atoms. The first-order valence-corrected chi connectivity index (χ1v) is 10.5. The van der Waals surface area contributed by atoms with Gasteiger partial charge in [-0.1, -0.05) is 30.3 Å². The summed E-state index contributed by atoms with van der Waals surface area (Å²) in [6.45, 7) is 0. The Kier molecular flexibility index (Phi) is 5.99. The minimum Gasteiger partial charge on any atom is -0.497 e. The first kappa shape index (κ1) is 20.6. The van der Waals surface area contributed by atoms with Crippen LogP contribution in [0.4, 0.5) is 0 Å². The number of aromatic nitrogens is 3. The van der Waals surface area contributed by atoms with Gasteiger partial charge in [0.15, 0.2) is 0 Å². The number of benzene rings is 2. The monoisotopic (exact) mass is 434 g/mol. The second kappa shape index (κ2) is 9.01. The molecule has 7 nitrogen and oxygen atoms in total. The van der Waals surface area contributed by atoms with Crippen molar-refractivity contribution in [2.24, 2.45) is 7.05 Å². The molecule has 4 aromatic rings. The summed E-state index contributed by atoms with van der Waals surface area (Å²) in [6.07, 6.45) is 3.53. The van der Waals surface area contributed by atoms with Crippen LogP contribution in [-0.2, 0) is 7.05 Å². The van der Waals surface area contributed by atoms with E-state index < -0.39 is 6.04 Å². The molecule has 0 bridgehead atoms. The maximum atomic E-state index is 13.1. The van der Waals surface area contributed by atoms with Gasteiger partial charge in [0.1, 0.15) is 34.1 Å². The number of hydrogen-bond donors (Lipinski definition) is 1. The first-order chi connectivity index (χ1) is 15.1. The highest BCUT2D eigenvalue weighted by Gasteiger charge is 2.24. The van der Waals surface area contributed by atoms with Gasteiger partial charge in [-0.15, -0.1) is 11.3 Å². The molecule has 0 unspecified atom stereocenters. The molecule has 0 fully saturated rings. The summed E-state index contributed by atoms with van der Waals surface area (Å²) in [4.78, 5) is 22.1. The predicted molar refractivity (Wildman–Crippen MR) is 120 cm³/mol. The number of carbonyl (C=O) groups excluding carboxylic acids is 1. The van der Waals surface area contributed by atoms with Crippen LogP contribution in [0.15, 0.2) is 66.3 Å². The smallest absolute Gasteiger partial charge is 0.271 e. The Bertz CT molecular complexity index is 1160. The molecule has 1 amide bonds. The maximum Gasteiger partial charge on any atom is 0.271 e. The SMILES string of the molecule is COc1cc(OC)cc([C@@H](NC(=O)c2csc(-c3ccccc3)n2)c2nccn2C)c1. The lowest BCUT2D eigenvalue weighted by Gasteiger charge is -2.20. The van der Waals surface area contributed by atoms with Crippen molar-refractivity contribution < 1.29 is 14.3 Å². The summed E-state index contributed by atoms with van der Waals surface area (Å²) in [5.41, 5.74) is 2.13. The summed E-state index contributed by atoms with van der Waals surface area (Å²) in [6, 6.07) is 14.8. The van der Waals surface area contributed by atoms with Gasteiger partial charge >= 0.3 is 0 Å². The average molecular weight is 435 g/mol. The van der Waals surface area contributed by atoms with Crippen molar-refractivity contribution >= 4 is 17.2 Å². The largest absolute Gasteiger partial charge is 0.497 e. The van der Waals surface area contributed by atoms with Gasteiger partial charge in [0.2, 0.25) is 0 Å². The molecule has 4 rings (SSSR count). The molecular formula is C23H22N4O3S. The first-order valence-electron chi connectivity index (χ1n) is 9.61. The molecule has 1 atom stereocenters. The second-order valence-corrected chi connectivity index (χ2v) is 7.71. The Hall–Kier alpha value is -3.65. The van der Waals surface area contributed by atoms with E-state index in [1.54, 1.807) is 31.9 Å². The highest BCUT2D eigenvalue weighted by molar-refractivity contribution is 7.13. The van der Waals surface area contributed by atoms with Gasteiger partial charge < -0.3 is 19.4 Å². The van der Waals surface area contributed by atoms with Crippen molar-refractivity contribution in [1.29, 1.82) is 0 Å². The standard InChI is InChI=1S/C23H22N4O3S/c1-27-10-9-24-21(27)20(16-11-17(29-2)13-18(12-16)30-3)26-22(28)19-14-31-23(25-19)15-7-5-4-6-8-15/h4-14,20H,1-3H3,(H,26,28)/t20-/m1/s1. The zero-order valence-corrected chi connectivity index (χ0v) is 18.2. The summed E-state index contributed by atoms with van der Waals surface area (Å²) in [5.74, 6) is 1.65. The zero-order valence-electron chi connectivity index (χ0n) is 17.4. The summed E-state index contributed by atoms with van der Waals surface area (Å²) in [7, 11) is 5.07. The molecule has 0 saturated carbocycles. The Morgan fingerprint density at radius 2 is 1.81 bits per heavy atom. The molecule has 2 heterocycles. The molecule has 0 radical (unpaired) electrons. The fraction of sp³-hybridized carbons (Fsp3) is 0.174. The number of nitrogens with one attached hydrogen (secondary N) is 1. The maximum absolute atomic E-state index is 13.1. The van der Waals surface area contributed by atoms with Crippen LogP contribution in [0, 0.1) is 0 Å². The third-order valence-corrected chi connectivity index (χ3v) is 5.75. The summed E-state index contributed by atoms with van der Waals surface area (Å²) >= 11 is 1.43. The number of hydrogen-bond acceptors (Lipinski definition) is 6. The highest BCUT2D eigenvalue weighted by atomic mass is 32.1. The number of imidazole rings is 1. The van der Waals surface area contributed by atoms with Gasteiger partial charge in [0, 0.05) is 36.5 Å². The van der Waals surface area contributed by atoms with Gasteiger partial charge in [0.05, 0.1) is 14.2 Å². The van der Waals surface area contributed by atoms with Gasteiger partial charge in [-0.05, 0) is 17.7 Å². The summed E-state index contributed by atoms with van der Waals surface area (Å²) < 4.78 is 12.7. The molecule has 0 aliphatic rings. The molecular weight excluding hydrogens is 412 g/mol. The highest BCUT2D eigenvalue weighted by Crippen LogP contribution is 2.30. The third-order valence-electron chi connectivity index (χ3n) is 4.86. The fourth-order valence-corrected chi connectivity index (χ4v) is 4.05. The Labute approximate surface area is 184 Å². The van der Waals surface area contributed by atoms with Crippen LogP contribution in [0.5, 0.6) is 11.5 Å². The van der Waals surface area contributed by atoms with Crippen molar-refractivity contribution in [2.45, 2.75) is 6.04 Å². The van der Waals surface area contributed by atoms with Gasteiger partial charge in [0.25, 0.3) is 5.91 Å². The molecule has 2 aromatic heterocycles. The van der Waals surface area contributed by atoms with Crippen LogP contribution in [-0.4, -0.2) is 34.7 Å². The van der Waals surface area contributed by atoms with Crippen LogP contribution < -0.4 is 14.8 Å². The predicted octanol–water partition coefficient (Wildman–Crippen LogP) is 4.08. The molecule has 0 saturated heterocycles. The van der Waals surface area contributed by atoms with Crippen molar-refractivity contribution in [2.75, 3.05) is 14.2 Å². The van der Waals surface area contributed by atoms with Crippen LogP contribution >= 0.6 is 11.3 Å². The molecule has 0 spiro atoms. The number of rotatable bonds is 7. The minimum absolute atomic E-state index is 0.284. The quantitative estimate of drug-likeness (QED) is 0.474. The number of aryl methyl sites for hydroxylation is 1. The number of nitrogens with zero attached hydrogens (tertiary/aromatic N) is 3. The Morgan fingerprint density at radius 1 is 1.10 bits per heavy atom. The lowest BCUT2D eigenvalue weighted by molar-refractivity contribution is 0.0936. The molecule has 8 heteroatoms. The average Bonchev–Trinajstić information content (AvgIpc) is 3.47. The second-order valence-electron chi connectivity index (χ2n) is 6.85. The molecule has 0 aliphatic heterocycles. The van der Waals surface area contributed by atoms with E-state index in [9.17, 15) is 4.79 Å². The van der Waals surface area contributed by atoms with Crippen LogP contribution in [0.2, 0.25) is 0 Å². The topological polar surface area (TPSA) is 78.3 Å². The Balaban J connectivity index is 1.67. The van der Waals surface area contributed by atoms with E-state index in [1.165, 1.54) is 11.3 Å². The van der Waals surface area contributed by atoms with Crippen LogP contribution in [0.1, 0.15) is 27.9 Å². The molecule has 1 N–H and O–H groups in total. The van der Waals surface area contributed by atoms with E-state index in [1.807, 2.05) is 60.3 Å². The Morgan fingerprint density at radius 3 is 2.42 bits per heavy atom. The van der Waals surface area contributed by atoms with Crippen LogP contribution in [0.25, 0.3) is 10.6 Å². The number of thiazole rings is 1. The lowest BCUT2D eigenvalue weighted by atomic mass is 10.0. The normalized spacial score (nSPS) is 11.7. The number of amides is 1. The number of methoxy groups -OCH3 is 2. The van der Waals surface area contributed by atoms with Gasteiger partial charge in [-0.2, -0.15) is 0 Å². The van der Waals surface area contributed by atoms with Crippen molar-refractivity contribution in [3.8, 4) is 22.1 Å². The van der Waals surface area contributed by atoms with Crippen molar-refractivity contribution in [3.05, 3.63) is 83.4 Å². The van der Waals surface area contributed by atoms with Gasteiger partial charge in [-0.25, -0.2) is 9.97 Å². The lowest BCUT2D eigenvalue weighted by Crippen LogP contribution is -2.31. The van der Waals surface area contributed by atoms with E-state index in [-0.39, 0.29) is 5.91 Å². The minimum atomic E-state index is -0.515. The fourth-order valence-electron chi connectivity index (χ4n) is 3.24. The van der Waals surface area contributed by atoms with Crippen molar-refractivity contribution in [1.82, 2.24) is 19.9 Å².